The number of aromatic nitrogens is 2. The van der Waals surface area contributed by atoms with Crippen molar-refractivity contribution in [2.45, 2.75) is 0 Å². The first kappa shape index (κ1) is 11.8. The third kappa shape index (κ3) is 2.22. The molecule has 0 fully saturated rings. The van der Waals surface area contributed by atoms with Gasteiger partial charge in [-0.15, -0.1) is 0 Å². The zero-order valence-electron chi connectivity index (χ0n) is 9.62. The van der Waals surface area contributed by atoms with Crippen LogP contribution in [0.1, 0.15) is 10.5 Å². The number of carbonyl (C=O) groups excluding carboxylic acids is 1. The SMILES string of the molecule is Cn1cccc(NC(=O)c2ncccc2O)c1=O. The van der Waals surface area contributed by atoms with E-state index >= 15 is 0 Å². The molecule has 1 amide bonds. The highest BCUT2D eigenvalue weighted by Crippen LogP contribution is 2.13. The number of hydrogen-bond donors (Lipinski definition) is 2. The molecule has 18 heavy (non-hydrogen) atoms. The molecule has 2 rings (SSSR count). The van der Waals surface area contributed by atoms with E-state index in [1.54, 1.807) is 19.3 Å². The lowest BCUT2D eigenvalue weighted by Gasteiger charge is -2.06. The average Bonchev–Trinajstić information content (AvgIpc) is 2.35. The Bertz CT molecular complexity index is 649. The van der Waals surface area contributed by atoms with Crippen molar-refractivity contribution in [1.29, 1.82) is 0 Å². The average molecular weight is 245 g/mol. The number of aryl methyl sites for hydroxylation is 1. The van der Waals surface area contributed by atoms with E-state index in [1.807, 2.05) is 0 Å². The van der Waals surface area contributed by atoms with E-state index in [0.717, 1.165) is 0 Å². The summed E-state index contributed by atoms with van der Waals surface area (Å²) in [5.74, 6) is -0.862. The van der Waals surface area contributed by atoms with Gasteiger partial charge in [0.1, 0.15) is 11.4 Å². The number of amides is 1. The highest BCUT2D eigenvalue weighted by atomic mass is 16.3. The molecule has 0 radical (unpaired) electrons. The van der Waals surface area contributed by atoms with Gasteiger partial charge in [-0.2, -0.15) is 0 Å². The fraction of sp³-hybridized carbons (Fsp3) is 0.0833. The van der Waals surface area contributed by atoms with Gasteiger partial charge in [0.15, 0.2) is 5.69 Å². The van der Waals surface area contributed by atoms with Crippen LogP contribution in [0.4, 0.5) is 5.69 Å². The summed E-state index contributed by atoms with van der Waals surface area (Å²) in [5.41, 5.74) is -0.320. The minimum Gasteiger partial charge on any atom is -0.505 e. The monoisotopic (exact) mass is 245 g/mol. The maximum atomic E-state index is 11.8. The summed E-state index contributed by atoms with van der Waals surface area (Å²) in [5, 5.41) is 11.9. The molecule has 0 aliphatic heterocycles. The van der Waals surface area contributed by atoms with Crippen molar-refractivity contribution in [3.05, 3.63) is 52.7 Å². The fourth-order valence-electron chi connectivity index (χ4n) is 1.45. The Morgan fingerprint density at radius 1 is 1.39 bits per heavy atom. The molecule has 0 unspecified atom stereocenters. The van der Waals surface area contributed by atoms with Crippen LogP contribution in [0.2, 0.25) is 0 Å². The second-order valence-corrected chi connectivity index (χ2v) is 3.66. The highest BCUT2D eigenvalue weighted by molar-refractivity contribution is 6.04. The molecule has 0 spiro atoms. The topological polar surface area (TPSA) is 84.2 Å². The zero-order chi connectivity index (χ0) is 13.1. The van der Waals surface area contributed by atoms with E-state index in [0.29, 0.717) is 0 Å². The quantitative estimate of drug-likeness (QED) is 0.817. The van der Waals surface area contributed by atoms with Crippen molar-refractivity contribution in [2.24, 2.45) is 7.05 Å². The second kappa shape index (κ2) is 4.70. The van der Waals surface area contributed by atoms with E-state index in [-0.39, 0.29) is 22.7 Å². The summed E-state index contributed by atoms with van der Waals surface area (Å²) in [4.78, 5) is 27.3. The van der Waals surface area contributed by atoms with Crippen molar-refractivity contribution in [1.82, 2.24) is 9.55 Å². The lowest BCUT2D eigenvalue weighted by Crippen LogP contribution is -2.24. The van der Waals surface area contributed by atoms with Crippen LogP contribution < -0.4 is 10.9 Å². The summed E-state index contributed by atoms with van der Waals surface area (Å²) in [6, 6.07) is 5.98. The van der Waals surface area contributed by atoms with Crippen LogP contribution in [-0.2, 0) is 7.05 Å². The van der Waals surface area contributed by atoms with Crippen molar-refractivity contribution in [2.75, 3.05) is 5.32 Å². The number of nitrogens with zero attached hydrogens (tertiary/aromatic N) is 2. The van der Waals surface area contributed by atoms with Crippen LogP contribution >= 0.6 is 0 Å². The lowest BCUT2D eigenvalue weighted by molar-refractivity contribution is 0.101. The first-order valence-electron chi connectivity index (χ1n) is 5.20. The molecule has 2 aromatic rings. The standard InChI is InChI=1S/C12H11N3O3/c1-15-7-3-4-8(12(15)18)14-11(17)10-9(16)5-2-6-13-10/h2-7,16H,1H3,(H,14,17). The number of anilines is 1. The van der Waals surface area contributed by atoms with Gasteiger partial charge < -0.3 is 15.0 Å². The van der Waals surface area contributed by atoms with Crippen molar-refractivity contribution >= 4 is 11.6 Å². The van der Waals surface area contributed by atoms with Gasteiger partial charge in [-0.3, -0.25) is 9.59 Å². The van der Waals surface area contributed by atoms with Gasteiger partial charge in [0.25, 0.3) is 11.5 Å². The Balaban J connectivity index is 2.30. The first-order valence-corrected chi connectivity index (χ1v) is 5.20. The van der Waals surface area contributed by atoms with E-state index in [4.69, 9.17) is 0 Å². The Hall–Kier alpha value is -2.63. The molecule has 0 aromatic carbocycles. The predicted molar refractivity (Wildman–Crippen MR) is 65.5 cm³/mol. The minimum atomic E-state index is -0.628. The normalized spacial score (nSPS) is 10.1. The number of carbonyl (C=O) groups is 1. The number of hydrogen-bond acceptors (Lipinski definition) is 4. The lowest BCUT2D eigenvalue weighted by atomic mass is 10.3. The summed E-state index contributed by atoms with van der Waals surface area (Å²) in [6.07, 6.45) is 2.97. The van der Waals surface area contributed by atoms with Gasteiger partial charge >= 0.3 is 0 Å². The first-order chi connectivity index (χ1) is 8.59. The van der Waals surface area contributed by atoms with Gasteiger partial charge in [0.2, 0.25) is 0 Å². The Kier molecular flexibility index (Phi) is 3.09. The molecule has 2 N–H and O–H groups in total. The van der Waals surface area contributed by atoms with Crippen LogP contribution in [0, 0.1) is 0 Å². The third-order valence-electron chi connectivity index (χ3n) is 2.37. The molecule has 0 saturated heterocycles. The van der Waals surface area contributed by atoms with E-state index in [1.165, 1.54) is 29.0 Å². The predicted octanol–water partition coefficient (Wildman–Crippen LogP) is 0.738. The number of pyridine rings is 2. The summed E-state index contributed by atoms with van der Waals surface area (Å²) in [6.45, 7) is 0. The van der Waals surface area contributed by atoms with Crippen LogP contribution in [0.25, 0.3) is 0 Å². The third-order valence-corrected chi connectivity index (χ3v) is 2.37. The smallest absolute Gasteiger partial charge is 0.278 e. The summed E-state index contributed by atoms with van der Waals surface area (Å²) >= 11 is 0. The molecule has 0 aliphatic carbocycles. The molecular weight excluding hydrogens is 234 g/mol. The molecule has 2 aromatic heterocycles. The van der Waals surface area contributed by atoms with Gasteiger partial charge in [-0.25, -0.2) is 4.98 Å². The van der Waals surface area contributed by atoms with E-state index in [2.05, 4.69) is 10.3 Å². The summed E-state index contributed by atoms with van der Waals surface area (Å²) in [7, 11) is 1.58. The van der Waals surface area contributed by atoms with Crippen molar-refractivity contribution in [3.8, 4) is 5.75 Å². The highest BCUT2D eigenvalue weighted by Gasteiger charge is 2.13. The molecule has 0 atom stereocenters. The maximum absolute atomic E-state index is 11.8. The van der Waals surface area contributed by atoms with Crippen LogP contribution in [0.5, 0.6) is 5.75 Å². The van der Waals surface area contributed by atoms with E-state index < -0.39 is 5.91 Å². The zero-order valence-corrected chi connectivity index (χ0v) is 9.62. The van der Waals surface area contributed by atoms with Crippen LogP contribution in [-0.4, -0.2) is 20.6 Å². The molecule has 92 valence electrons. The molecule has 2 heterocycles. The Morgan fingerprint density at radius 3 is 2.89 bits per heavy atom. The Morgan fingerprint density at radius 2 is 2.17 bits per heavy atom. The summed E-state index contributed by atoms with van der Waals surface area (Å²) < 4.78 is 1.34. The van der Waals surface area contributed by atoms with Crippen molar-refractivity contribution in [3.63, 3.8) is 0 Å². The van der Waals surface area contributed by atoms with Gasteiger partial charge in [-0.1, -0.05) is 0 Å². The Labute approximate surface area is 103 Å². The van der Waals surface area contributed by atoms with E-state index in [9.17, 15) is 14.7 Å². The van der Waals surface area contributed by atoms with Crippen LogP contribution in [0.15, 0.2) is 41.5 Å². The fourth-order valence-corrected chi connectivity index (χ4v) is 1.45. The van der Waals surface area contributed by atoms with Gasteiger partial charge in [0.05, 0.1) is 0 Å². The molecule has 0 saturated carbocycles. The van der Waals surface area contributed by atoms with Crippen molar-refractivity contribution < 1.29 is 9.90 Å². The molecule has 0 bridgehead atoms. The van der Waals surface area contributed by atoms with Gasteiger partial charge in [0, 0.05) is 19.4 Å². The number of aromatic hydroxyl groups is 1. The van der Waals surface area contributed by atoms with Gasteiger partial charge in [-0.05, 0) is 24.3 Å². The molecule has 6 heteroatoms. The maximum Gasteiger partial charge on any atom is 0.278 e. The largest absolute Gasteiger partial charge is 0.505 e. The number of rotatable bonds is 2. The molecule has 0 aliphatic rings. The van der Waals surface area contributed by atoms with Crippen LogP contribution in [0.3, 0.4) is 0 Å². The molecular formula is C12H11N3O3. The second-order valence-electron chi connectivity index (χ2n) is 3.66. The number of nitrogens with one attached hydrogen (secondary N) is 1. The minimum absolute atomic E-state index is 0.122. The molecule has 6 nitrogen and oxygen atoms in total.